The molecule has 2 N–H and O–H groups in total. The lowest BCUT2D eigenvalue weighted by Gasteiger charge is -2.28. The minimum atomic E-state index is -0.524. The Hall–Kier alpha value is -5.02. The van der Waals surface area contributed by atoms with E-state index in [0.717, 1.165) is 53.6 Å². The molecule has 5 aromatic rings. The number of carbonyl (C=O) groups is 1. The molecule has 16 heteroatoms. The van der Waals surface area contributed by atoms with Gasteiger partial charge in [-0.3, -0.25) is 18.8 Å². The number of hydrogen-bond donors (Lipinski definition) is 2. The number of ether oxygens (including phenoxy) is 2. The van der Waals surface area contributed by atoms with Gasteiger partial charge in [0.05, 0.1) is 40.7 Å². The van der Waals surface area contributed by atoms with Crippen LogP contribution in [0.3, 0.4) is 0 Å². The van der Waals surface area contributed by atoms with Crippen molar-refractivity contribution in [3.05, 3.63) is 90.3 Å². The minimum Gasteiger partial charge on any atom is -0.481 e. The molecule has 14 nitrogen and oxygen atoms in total. The molecule has 2 saturated heterocycles. The zero-order chi connectivity index (χ0) is 38.8. The van der Waals surface area contributed by atoms with Crippen LogP contribution in [0, 0.1) is 6.92 Å². The predicted molar refractivity (Wildman–Crippen MR) is 212 cm³/mol. The number of aromatic nitrogens is 5. The smallest absolute Gasteiger partial charge is 0.332 e. The maximum Gasteiger partial charge on any atom is 0.332 e. The van der Waals surface area contributed by atoms with E-state index < -0.39 is 11.2 Å². The van der Waals surface area contributed by atoms with Crippen LogP contribution in [-0.2, 0) is 25.3 Å². The molecule has 1 spiro atoms. The highest BCUT2D eigenvalue weighted by Gasteiger charge is 2.49. The monoisotopic (exact) mass is 785 g/mol. The van der Waals surface area contributed by atoms with Gasteiger partial charge in [-0.25, -0.2) is 24.5 Å². The Balaban J connectivity index is 1.10. The summed E-state index contributed by atoms with van der Waals surface area (Å²) < 4.78 is 13.5. The van der Waals surface area contributed by atoms with Gasteiger partial charge in [-0.1, -0.05) is 53.5 Å². The van der Waals surface area contributed by atoms with E-state index in [1.807, 2.05) is 35.2 Å². The molecule has 5 heterocycles. The summed E-state index contributed by atoms with van der Waals surface area (Å²) in [5, 5.41) is 7.49. The Labute approximate surface area is 327 Å². The van der Waals surface area contributed by atoms with E-state index >= 15 is 0 Å². The first kappa shape index (κ1) is 36.9. The number of amides is 2. The third-order valence-corrected chi connectivity index (χ3v) is 11.9. The van der Waals surface area contributed by atoms with E-state index in [0.29, 0.717) is 64.0 Å². The lowest BCUT2D eigenvalue weighted by molar-refractivity contribution is 0.158. The number of benzene rings is 2. The van der Waals surface area contributed by atoms with Crippen molar-refractivity contribution in [3.63, 3.8) is 0 Å². The fraction of sp³-hybridized carbons (Fsp3) is 0.385. The molecular formula is C39H41Cl2N9O5. The molecule has 3 aromatic heterocycles. The van der Waals surface area contributed by atoms with Crippen LogP contribution in [0.4, 0.5) is 16.3 Å². The number of hydrogen-bond acceptors (Lipinski definition) is 10. The molecule has 2 unspecified atom stereocenters. The average molecular weight is 787 g/mol. The highest BCUT2D eigenvalue weighted by molar-refractivity contribution is 6.39. The van der Waals surface area contributed by atoms with Gasteiger partial charge in [-0.05, 0) is 43.9 Å². The van der Waals surface area contributed by atoms with Crippen LogP contribution < -0.4 is 26.6 Å². The van der Waals surface area contributed by atoms with Gasteiger partial charge in [0.1, 0.15) is 17.0 Å². The number of nitrogens with zero attached hydrogens (tertiary/aromatic N) is 7. The topological polar surface area (TPSA) is 149 Å². The van der Waals surface area contributed by atoms with Crippen LogP contribution in [0.1, 0.15) is 35.8 Å². The van der Waals surface area contributed by atoms with Crippen molar-refractivity contribution in [1.82, 2.24) is 39.2 Å². The Kier molecular flexibility index (Phi) is 9.56. The van der Waals surface area contributed by atoms with Crippen molar-refractivity contribution in [2.75, 3.05) is 52.3 Å². The first-order valence-electron chi connectivity index (χ1n) is 18.1. The Morgan fingerprint density at radius 2 is 1.71 bits per heavy atom. The summed E-state index contributed by atoms with van der Waals surface area (Å²) >= 11 is 14.3. The molecule has 2 fully saturated rings. The number of halogens is 2. The van der Waals surface area contributed by atoms with Crippen molar-refractivity contribution in [3.8, 4) is 28.3 Å². The van der Waals surface area contributed by atoms with Crippen molar-refractivity contribution < 1.29 is 14.3 Å². The summed E-state index contributed by atoms with van der Waals surface area (Å²) in [6.45, 7) is 5.05. The van der Waals surface area contributed by atoms with Crippen molar-refractivity contribution in [2.24, 2.45) is 14.1 Å². The molecule has 0 bridgehead atoms. The number of fused-ring (bicyclic) bond motifs is 2. The second-order valence-electron chi connectivity index (χ2n) is 14.5. The first-order chi connectivity index (χ1) is 26.4. The van der Waals surface area contributed by atoms with E-state index in [9.17, 15) is 14.4 Å². The van der Waals surface area contributed by atoms with Gasteiger partial charge in [0.2, 0.25) is 5.88 Å². The van der Waals surface area contributed by atoms with Crippen LogP contribution in [-0.4, -0.2) is 92.5 Å². The molecule has 0 radical (unpaired) electrons. The number of urea groups is 1. The number of methoxy groups -OCH3 is 2. The minimum absolute atomic E-state index is 0.0336. The zero-order valence-corrected chi connectivity index (χ0v) is 32.7. The van der Waals surface area contributed by atoms with Crippen LogP contribution in [0.15, 0.2) is 52.1 Å². The molecule has 2 amide bonds. The van der Waals surface area contributed by atoms with Crippen molar-refractivity contribution in [1.29, 1.82) is 0 Å². The summed E-state index contributed by atoms with van der Waals surface area (Å²) in [6, 6.07) is 13.4. The fourth-order valence-electron chi connectivity index (χ4n) is 8.37. The lowest BCUT2D eigenvalue weighted by Crippen LogP contribution is -2.46. The largest absolute Gasteiger partial charge is 0.481 e. The molecule has 2 aliphatic heterocycles. The summed E-state index contributed by atoms with van der Waals surface area (Å²) in [5.41, 5.74) is 4.41. The van der Waals surface area contributed by atoms with Gasteiger partial charge in [0.25, 0.3) is 5.56 Å². The summed E-state index contributed by atoms with van der Waals surface area (Å²) in [6.07, 6.45) is 2.65. The molecule has 1 aliphatic carbocycles. The zero-order valence-electron chi connectivity index (χ0n) is 31.2. The molecule has 3 aliphatic rings. The summed E-state index contributed by atoms with van der Waals surface area (Å²) in [7, 11) is 6.27. The van der Waals surface area contributed by atoms with Crippen LogP contribution >= 0.6 is 23.2 Å². The third kappa shape index (κ3) is 6.30. The molecule has 55 heavy (non-hydrogen) atoms. The van der Waals surface area contributed by atoms with Gasteiger partial charge in [-0.2, -0.15) is 0 Å². The van der Waals surface area contributed by atoms with Crippen LogP contribution in [0.25, 0.3) is 33.4 Å². The molecule has 8 rings (SSSR count). The number of aryl methyl sites for hydroxylation is 3. The van der Waals surface area contributed by atoms with Crippen LogP contribution in [0.5, 0.6) is 5.88 Å². The number of rotatable bonds is 9. The first-order valence-corrected chi connectivity index (χ1v) is 18.9. The van der Waals surface area contributed by atoms with Gasteiger partial charge < -0.3 is 25.0 Å². The summed E-state index contributed by atoms with van der Waals surface area (Å²) in [4.78, 5) is 56.9. The average Bonchev–Trinajstić information content (AvgIpc) is 3.88. The second kappa shape index (κ2) is 14.2. The Bertz CT molecular complexity index is 2510. The number of anilines is 2. The SMILES string of the molecule is COCCN1CC2(CCN(C3CCc4cc(-c5cccc(-c6cccc(Nc7nc(C)nc8c7c(=O)n(C)c(=O)n8C)c6Cl)c5Cl)nc(OC)c43)C2)NC1=O. The van der Waals surface area contributed by atoms with E-state index in [1.165, 1.54) is 11.6 Å². The van der Waals surface area contributed by atoms with Crippen molar-refractivity contribution >= 4 is 51.8 Å². The van der Waals surface area contributed by atoms with Gasteiger partial charge >= 0.3 is 11.7 Å². The third-order valence-electron chi connectivity index (χ3n) is 11.1. The maximum absolute atomic E-state index is 13.3. The van der Waals surface area contributed by atoms with Gasteiger partial charge in [0.15, 0.2) is 5.65 Å². The quantitative estimate of drug-likeness (QED) is 0.204. The predicted octanol–water partition coefficient (Wildman–Crippen LogP) is 5.23. The van der Waals surface area contributed by atoms with E-state index in [-0.39, 0.29) is 34.5 Å². The number of nitrogens with one attached hydrogen (secondary N) is 2. The summed E-state index contributed by atoms with van der Waals surface area (Å²) in [5.74, 6) is 1.17. The van der Waals surface area contributed by atoms with Gasteiger partial charge in [0, 0.05) is 75.7 Å². The number of carbonyl (C=O) groups excluding carboxylic acids is 1. The van der Waals surface area contributed by atoms with E-state index in [2.05, 4.69) is 31.6 Å². The molecule has 2 aromatic carbocycles. The van der Waals surface area contributed by atoms with E-state index in [1.54, 1.807) is 34.3 Å². The van der Waals surface area contributed by atoms with Crippen LogP contribution in [0.2, 0.25) is 10.0 Å². The highest BCUT2D eigenvalue weighted by Crippen LogP contribution is 2.47. The van der Waals surface area contributed by atoms with Crippen molar-refractivity contribution in [2.45, 2.75) is 37.8 Å². The Morgan fingerprint density at radius 3 is 2.47 bits per heavy atom. The molecule has 2 atom stereocenters. The normalized spacial score (nSPS) is 19.4. The molecule has 0 saturated carbocycles. The Morgan fingerprint density at radius 1 is 0.964 bits per heavy atom. The lowest BCUT2D eigenvalue weighted by atomic mass is 9.99. The molecular weight excluding hydrogens is 745 g/mol. The van der Waals surface area contributed by atoms with Gasteiger partial charge in [-0.15, -0.1) is 0 Å². The molecule has 286 valence electrons. The standard InChI is InChI=1S/C39H41Cl2N9O5/c1-21-42-33(30-34(43-21)47(2)38(53)48(3)36(30)51)44-26-11-7-9-24(32(26)41)23-8-6-10-25(31(23)40)27-18-22-12-13-28(29(22)35(45-27)55-5)49-15-14-39(19-49)20-50(16-17-54-4)37(52)46-39/h6-11,18,28H,12-17,19-20H2,1-5H3,(H,46,52)(H,42,43,44). The number of pyridine rings is 1. The number of likely N-dealkylation sites (tertiary alicyclic amines) is 1. The maximum atomic E-state index is 13.3. The second-order valence-corrected chi connectivity index (χ2v) is 15.2. The highest BCUT2D eigenvalue weighted by atomic mass is 35.5. The van der Waals surface area contributed by atoms with E-state index in [4.69, 9.17) is 37.7 Å². The fourth-order valence-corrected chi connectivity index (χ4v) is 8.97.